The second kappa shape index (κ2) is 5.82. The molecule has 0 aliphatic heterocycles. The van der Waals surface area contributed by atoms with Crippen molar-refractivity contribution in [3.05, 3.63) is 0 Å². The van der Waals surface area contributed by atoms with Gasteiger partial charge in [-0.3, -0.25) is 0 Å². The Bertz CT molecular complexity index is 201. The van der Waals surface area contributed by atoms with Crippen LogP contribution in [-0.4, -0.2) is 50.5 Å². The molecule has 0 aromatic heterocycles. The van der Waals surface area contributed by atoms with Gasteiger partial charge in [0.15, 0.2) is 0 Å². The summed E-state index contributed by atoms with van der Waals surface area (Å²) in [5.74, 6) is 0.538. The monoisotopic (exact) mass is 315 g/mol. The molecule has 81 valence electrons. The molecule has 0 heterocycles. The van der Waals surface area contributed by atoms with Gasteiger partial charge in [-0.15, -0.1) is 0 Å². The van der Waals surface area contributed by atoms with Crippen LogP contribution in [0.25, 0.3) is 0 Å². The van der Waals surface area contributed by atoms with Crippen molar-refractivity contribution in [1.82, 2.24) is 3.12 Å². The van der Waals surface area contributed by atoms with Crippen molar-refractivity contribution in [2.45, 2.75) is 39.4 Å². The van der Waals surface area contributed by atoms with Crippen LogP contribution in [0.15, 0.2) is 4.99 Å². The Morgan fingerprint density at radius 3 is 2.21 bits per heavy atom. The third-order valence-electron chi connectivity index (χ3n) is 1.37. The van der Waals surface area contributed by atoms with Crippen molar-refractivity contribution >= 4 is 28.6 Å². The summed E-state index contributed by atoms with van der Waals surface area (Å²) >= 11 is 0.725. The van der Waals surface area contributed by atoms with Crippen molar-refractivity contribution in [3.63, 3.8) is 0 Å². The number of halogens is 3. The first-order chi connectivity index (χ1) is 6.26. The molecule has 0 aliphatic carbocycles. The fourth-order valence-corrected chi connectivity index (χ4v) is 2.05. The topological polar surface area (TPSA) is 15.6 Å². The molecule has 6 heteroatoms. The molecule has 0 rings (SSSR count). The zero-order valence-electron chi connectivity index (χ0n) is 8.52. The van der Waals surface area contributed by atoms with E-state index in [2.05, 4.69) is 4.99 Å². The van der Waals surface area contributed by atoms with Gasteiger partial charge in [0.05, 0.1) is 0 Å². The van der Waals surface area contributed by atoms with Crippen molar-refractivity contribution in [2.24, 2.45) is 4.99 Å². The first kappa shape index (κ1) is 14.1. The van der Waals surface area contributed by atoms with Crippen molar-refractivity contribution in [3.8, 4) is 0 Å². The van der Waals surface area contributed by atoms with Gasteiger partial charge >= 0.3 is 95.9 Å². The van der Waals surface area contributed by atoms with E-state index in [9.17, 15) is 13.2 Å². The Kier molecular flexibility index (Phi) is 5.85. The molecule has 0 aromatic rings. The van der Waals surface area contributed by atoms with E-state index in [0.717, 1.165) is 22.8 Å². The van der Waals surface area contributed by atoms with Gasteiger partial charge in [-0.05, 0) is 0 Å². The Morgan fingerprint density at radius 1 is 1.43 bits per heavy atom. The van der Waals surface area contributed by atoms with Crippen LogP contribution in [0.1, 0.15) is 27.2 Å². The summed E-state index contributed by atoms with van der Waals surface area (Å²) in [4.78, 5) is 4.14. The first-order valence-electron chi connectivity index (χ1n) is 4.38. The number of hydrogen-bond acceptors (Lipinski definition) is 1. The normalized spacial score (nSPS) is 13.6. The number of nitrogens with zero attached hydrogens (tertiary/aromatic N) is 2. The summed E-state index contributed by atoms with van der Waals surface area (Å²) < 4.78 is 37.4. The number of alkyl halides is 3. The SMILES string of the molecule is CCC(=NC(C)C)[N]([Sn])CC(F)(F)F. The van der Waals surface area contributed by atoms with Crippen LogP contribution in [0.2, 0.25) is 0 Å². The number of hydrogen-bond donors (Lipinski definition) is 0. The maximum atomic E-state index is 12.1. The molecule has 2 nitrogen and oxygen atoms in total. The molecule has 0 saturated carbocycles. The molecule has 0 bridgehead atoms. The van der Waals surface area contributed by atoms with Crippen molar-refractivity contribution in [1.29, 1.82) is 0 Å². The summed E-state index contributed by atoms with van der Waals surface area (Å²) in [5.41, 5.74) is 0. The van der Waals surface area contributed by atoms with Gasteiger partial charge in [-0.2, -0.15) is 0 Å². The zero-order valence-corrected chi connectivity index (χ0v) is 11.4. The molecule has 0 N–H and O–H groups in total. The molecule has 14 heavy (non-hydrogen) atoms. The Morgan fingerprint density at radius 2 is 1.93 bits per heavy atom. The molecule has 3 radical (unpaired) electrons. The summed E-state index contributed by atoms with van der Waals surface area (Å²) in [6, 6.07) is 0.0428. The van der Waals surface area contributed by atoms with E-state index in [-0.39, 0.29) is 6.04 Å². The molecule has 0 aliphatic rings. The van der Waals surface area contributed by atoms with E-state index in [4.69, 9.17) is 0 Å². The van der Waals surface area contributed by atoms with Crippen molar-refractivity contribution < 1.29 is 13.2 Å². The molecular formula is C8H14F3N2Sn. The quantitative estimate of drug-likeness (QED) is 0.443. The van der Waals surface area contributed by atoms with E-state index in [0.29, 0.717) is 12.3 Å². The van der Waals surface area contributed by atoms with Gasteiger partial charge in [0.1, 0.15) is 0 Å². The average molecular weight is 314 g/mol. The zero-order chi connectivity index (χ0) is 11.4. The van der Waals surface area contributed by atoms with Crippen molar-refractivity contribution in [2.75, 3.05) is 6.54 Å². The Hall–Kier alpha value is 0.0587. The van der Waals surface area contributed by atoms with E-state index < -0.39 is 12.7 Å². The molecule has 0 spiro atoms. The van der Waals surface area contributed by atoms with E-state index in [1.165, 1.54) is 3.12 Å². The van der Waals surface area contributed by atoms with Crippen LogP contribution < -0.4 is 0 Å². The van der Waals surface area contributed by atoms with Crippen LogP contribution in [0, 0.1) is 0 Å². The third-order valence-corrected chi connectivity index (χ3v) is 2.56. The Labute approximate surface area is 96.0 Å². The van der Waals surface area contributed by atoms with E-state index in [1.807, 2.05) is 20.8 Å². The van der Waals surface area contributed by atoms with Gasteiger partial charge in [0, 0.05) is 0 Å². The molecule has 0 saturated heterocycles. The van der Waals surface area contributed by atoms with E-state index >= 15 is 0 Å². The molecule has 0 unspecified atom stereocenters. The van der Waals surface area contributed by atoms with E-state index in [1.54, 1.807) is 0 Å². The first-order valence-corrected chi connectivity index (χ1v) is 5.66. The minimum absolute atomic E-state index is 0.0428. The van der Waals surface area contributed by atoms with Gasteiger partial charge in [-0.25, -0.2) is 0 Å². The molecular weight excluding hydrogens is 300 g/mol. The van der Waals surface area contributed by atoms with Crippen LogP contribution in [0.3, 0.4) is 0 Å². The number of amidine groups is 1. The predicted octanol–water partition coefficient (Wildman–Crippen LogP) is 2.15. The van der Waals surface area contributed by atoms with Gasteiger partial charge in [-0.1, -0.05) is 0 Å². The standard InChI is InChI=1S/C8H14F3N2.Sn/c1-4-7(13-6(2)3)12-5-8(9,10)11;/h6H,4-5H2,1-3H3;/q-1;+1. The average Bonchev–Trinajstić information content (AvgIpc) is 1.96. The van der Waals surface area contributed by atoms with Gasteiger partial charge in [0.2, 0.25) is 0 Å². The van der Waals surface area contributed by atoms with Gasteiger partial charge < -0.3 is 0 Å². The van der Waals surface area contributed by atoms with Gasteiger partial charge in [0.25, 0.3) is 0 Å². The fraction of sp³-hybridized carbons (Fsp3) is 0.875. The molecule has 0 aromatic carbocycles. The van der Waals surface area contributed by atoms with Crippen LogP contribution in [0.5, 0.6) is 0 Å². The second-order valence-electron chi connectivity index (χ2n) is 3.19. The Balaban J connectivity index is 4.40. The fourth-order valence-electron chi connectivity index (χ4n) is 0.920. The molecule has 0 fully saturated rings. The summed E-state index contributed by atoms with van der Waals surface area (Å²) in [6.45, 7) is 4.62. The number of rotatable bonds is 3. The maximum absolute atomic E-state index is 12.1. The minimum atomic E-state index is -4.14. The predicted molar refractivity (Wildman–Crippen MR) is 51.4 cm³/mol. The van der Waals surface area contributed by atoms with Crippen LogP contribution >= 0.6 is 0 Å². The molecule has 0 amide bonds. The molecule has 0 atom stereocenters. The van der Waals surface area contributed by atoms with Crippen LogP contribution in [0.4, 0.5) is 13.2 Å². The summed E-state index contributed by atoms with van der Waals surface area (Å²) in [5, 5.41) is 0. The second-order valence-corrected chi connectivity index (χ2v) is 4.73. The third kappa shape index (κ3) is 6.50. The summed E-state index contributed by atoms with van der Waals surface area (Å²) in [6.07, 6.45) is -3.60. The summed E-state index contributed by atoms with van der Waals surface area (Å²) in [7, 11) is 0. The number of aliphatic imine (C=N–C) groups is 1. The van der Waals surface area contributed by atoms with Crippen LogP contribution in [-0.2, 0) is 0 Å².